The Kier molecular flexibility index (Phi) is 2.37. The molecule has 1 N–H and O–H groups in total. The predicted octanol–water partition coefficient (Wildman–Crippen LogP) is 3.04. The lowest BCUT2D eigenvalue weighted by atomic mass is 9.98. The van der Waals surface area contributed by atoms with Crippen molar-refractivity contribution in [2.24, 2.45) is 0 Å². The zero-order valence-electron chi connectivity index (χ0n) is 10.6. The molecular formula is C15H15NO2. The third kappa shape index (κ3) is 1.50. The van der Waals surface area contributed by atoms with E-state index < -0.39 is 5.97 Å². The standard InChI is InChI=1S/C15H15NO2/c1-8-6-11-13(7-9(8)2)16-12-5-3-4-10(12)14(11)15(17)18/h6-7H,3-5H2,1-2H3,(H,17,18). The first-order valence-electron chi connectivity index (χ1n) is 6.24. The molecule has 0 unspecified atom stereocenters. The second-order valence-corrected chi connectivity index (χ2v) is 5.02. The number of nitrogens with zero attached hydrogens (tertiary/aromatic N) is 1. The first kappa shape index (κ1) is 11.2. The Morgan fingerprint density at radius 1 is 1.22 bits per heavy atom. The van der Waals surface area contributed by atoms with E-state index in [2.05, 4.69) is 4.98 Å². The maximum atomic E-state index is 11.5. The number of fused-ring (bicyclic) bond motifs is 2. The summed E-state index contributed by atoms with van der Waals surface area (Å²) >= 11 is 0. The van der Waals surface area contributed by atoms with Crippen LogP contribution in [0.15, 0.2) is 12.1 Å². The minimum Gasteiger partial charge on any atom is -0.478 e. The van der Waals surface area contributed by atoms with Gasteiger partial charge in [0.25, 0.3) is 0 Å². The van der Waals surface area contributed by atoms with Crippen molar-refractivity contribution in [2.75, 3.05) is 0 Å². The Morgan fingerprint density at radius 3 is 2.67 bits per heavy atom. The van der Waals surface area contributed by atoms with Gasteiger partial charge in [-0.05, 0) is 61.9 Å². The Bertz CT molecular complexity index is 674. The van der Waals surface area contributed by atoms with Gasteiger partial charge < -0.3 is 5.11 Å². The molecule has 0 spiro atoms. The Labute approximate surface area is 105 Å². The maximum absolute atomic E-state index is 11.5. The van der Waals surface area contributed by atoms with Crippen LogP contribution in [-0.2, 0) is 12.8 Å². The number of aromatic nitrogens is 1. The van der Waals surface area contributed by atoms with Gasteiger partial charge in [-0.25, -0.2) is 4.79 Å². The van der Waals surface area contributed by atoms with Crippen LogP contribution in [0.3, 0.4) is 0 Å². The fourth-order valence-corrected chi connectivity index (χ4v) is 2.77. The largest absolute Gasteiger partial charge is 0.478 e. The molecule has 1 aliphatic carbocycles. The first-order valence-corrected chi connectivity index (χ1v) is 6.24. The monoisotopic (exact) mass is 241 g/mol. The molecule has 0 atom stereocenters. The van der Waals surface area contributed by atoms with Gasteiger partial charge in [-0.3, -0.25) is 4.98 Å². The summed E-state index contributed by atoms with van der Waals surface area (Å²) in [6.45, 7) is 4.04. The SMILES string of the molecule is Cc1cc2nc3c(c(C(=O)O)c2cc1C)CCC3. The number of carboxylic acids is 1. The van der Waals surface area contributed by atoms with Crippen LogP contribution in [0.4, 0.5) is 0 Å². The molecule has 92 valence electrons. The molecule has 1 aromatic carbocycles. The van der Waals surface area contributed by atoms with Crippen molar-refractivity contribution in [3.8, 4) is 0 Å². The van der Waals surface area contributed by atoms with E-state index in [1.807, 2.05) is 26.0 Å². The smallest absolute Gasteiger partial charge is 0.336 e. The summed E-state index contributed by atoms with van der Waals surface area (Å²) < 4.78 is 0. The molecule has 3 rings (SSSR count). The van der Waals surface area contributed by atoms with Crippen molar-refractivity contribution in [2.45, 2.75) is 33.1 Å². The molecule has 0 bridgehead atoms. The van der Waals surface area contributed by atoms with E-state index in [0.717, 1.165) is 52.5 Å². The van der Waals surface area contributed by atoms with Crippen LogP contribution in [-0.4, -0.2) is 16.1 Å². The lowest BCUT2D eigenvalue weighted by Crippen LogP contribution is -2.06. The second kappa shape index (κ2) is 3.80. The number of pyridine rings is 1. The molecule has 2 aromatic rings. The molecule has 0 saturated heterocycles. The van der Waals surface area contributed by atoms with Crippen LogP contribution < -0.4 is 0 Å². The van der Waals surface area contributed by atoms with Crippen LogP contribution in [0.1, 0.15) is 39.2 Å². The summed E-state index contributed by atoms with van der Waals surface area (Å²) in [6, 6.07) is 3.95. The maximum Gasteiger partial charge on any atom is 0.336 e. The fraction of sp³-hybridized carbons (Fsp3) is 0.333. The number of rotatable bonds is 1. The van der Waals surface area contributed by atoms with Crippen LogP contribution in [0.5, 0.6) is 0 Å². The van der Waals surface area contributed by atoms with Crippen molar-refractivity contribution < 1.29 is 9.90 Å². The molecule has 0 saturated carbocycles. The van der Waals surface area contributed by atoms with Gasteiger partial charge in [0, 0.05) is 11.1 Å². The van der Waals surface area contributed by atoms with Crippen LogP contribution in [0, 0.1) is 13.8 Å². The summed E-state index contributed by atoms with van der Waals surface area (Å²) in [7, 11) is 0. The Balaban J connectivity index is 2.46. The molecule has 3 nitrogen and oxygen atoms in total. The molecular weight excluding hydrogens is 226 g/mol. The summed E-state index contributed by atoms with van der Waals surface area (Å²) in [5.74, 6) is -0.830. The minimum atomic E-state index is -0.830. The van der Waals surface area contributed by atoms with Gasteiger partial charge in [0.2, 0.25) is 0 Å². The highest BCUT2D eigenvalue weighted by Gasteiger charge is 2.23. The van der Waals surface area contributed by atoms with Crippen molar-refractivity contribution in [3.63, 3.8) is 0 Å². The molecule has 1 heterocycles. The molecule has 0 amide bonds. The third-order valence-electron chi connectivity index (χ3n) is 3.84. The molecule has 18 heavy (non-hydrogen) atoms. The number of aromatic carboxylic acids is 1. The Hall–Kier alpha value is -1.90. The average molecular weight is 241 g/mol. The third-order valence-corrected chi connectivity index (χ3v) is 3.84. The van der Waals surface area contributed by atoms with E-state index in [4.69, 9.17) is 0 Å². The van der Waals surface area contributed by atoms with Crippen molar-refractivity contribution in [3.05, 3.63) is 40.1 Å². The number of hydrogen-bond donors (Lipinski definition) is 1. The van der Waals surface area contributed by atoms with Gasteiger partial charge in [0.05, 0.1) is 11.1 Å². The normalized spacial score (nSPS) is 13.9. The lowest BCUT2D eigenvalue weighted by molar-refractivity contribution is 0.0698. The van der Waals surface area contributed by atoms with E-state index in [-0.39, 0.29) is 0 Å². The van der Waals surface area contributed by atoms with Gasteiger partial charge >= 0.3 is 5.97 Å². The highest BCUT2D eigenvalue weighted by molar-refractivity contribution is 6.04. The predicted molar refractivity (Wildman–Crippen MR) is 70.2 cm³/mol. The summed E-state index contributed by atoms with van der Waals surface area (Å²) in [6.07, 6.45) is 2.75. The van der Waals surface area contributed by atoms with Crippen LogP contribution in [0.2, 0.25) is 0 Å². The van der Waals surface area contributed by atoms with Crippen LogP contribution >= 0.6 is 0 Å². The first-order chi connectivity index (χ1) is 8.58. The topological polar surface area (TPSA) is 50.2 Å². The molecule has 0 radical (unpaired) electrons. The molecule has 1 aliphatic rings. The zero-order chi connectivity index (χ0) is 12.9. The van der Waals surface area contributed by atoms with Gasteiger partial charge in [0.15, 0.2) is 0 Å². The average Bonchev–Trinajstić information content (AvgIpc) is 2.74. The number of carboxylic acid groups (broad SMARTS) is 1. The second-order valence-electron chi connectivity index (χ2n) is 5.02. The van der Waals surface area contributed by atoms with E-state index in [1.165, 1.54) is 0 Å². The Morgan fingerprint density at radius 2 is 1.94 bits per heavy atom. The quantitative estimate of drug-likeness (QED) is 0.834. The minimum absolute atomic E-state index is 0.468. The van der Waals surface area contributed by atoms with E-state index in [0.29, 0.717) is 5.56 Å². The molecule has 1 aromatic heterocycles. The fourth-order valence-electron chi connectivity index (χ4n) is 2.77. The van der Waals surface area contributed by atoms with Crippen molar-refractivity contribution in [1.82, 2.24) is 4.98 Å². The van der Waals surface area contributed by atoms with Crippen molar-refractivity contribution >= 4 is 16.9 Å². The van der Waals surface area contributed by atoms with Gasteiger partial charge in [-0.15, -0.1) is 0 Å². The highest BCUT2D eigenvalue weighted by Crippen LogP contribution is 2.31. The number of hydrogen-bond acceptors (Lipinski definition) is 2. The van der Waals surface area contributed by atoms with E-state index in [9.17, 15) is 9.90 Å². The number of aryl methyl sites for hydroxylation is 3. The summed E-state index contributed by atoms with van der Waals surface area (Å²) in [5, 5.41) is 10.3. The van der Waals surface area contributed by atoms with Crippen molar-refractivity contribution in [1.29, 1.82) is 0 Å². The van der Waals surface area contributed by atoms with Gasteiger partial charge in [0.1, 0.15) is 0 Å². The highest BCUT2D eigenvalue weighted by atomic mass is 16.4. The van der Waals surface area contributed by atoms with Gasteiger partial charge in [-0.2, -0.15) is 0 Å². The zero-order valence-corrected chi connectivity index (χ0v) is 10.6. The molecule has 0 aliphatic heterocycles. The summed E-state index contributed by atoms with van der Waals surface area (Å²) in [5.41, 5.74) is 5.47. The number of carbonyl (C=O) groups is 1. The molecule has 3 heteroatoms. The summed E-state index contributed by atoms with van der Waals surface area (Å²) in [4.78, 5) is 16.2. The molecule has 0 fully saturated rings. The number of benzene rings is 1. The van der Waals surface area contributed by atoms with Crippen LogP contribution in [0.25, 0.3) is 10.9 Å². The van der Waals surface area contributed by atoms with Gasteiger partial charge in [-0.1, -0.05) is 0 Å². The van der Waals surface area contributed by atoms with E-state index >= 15 is 0 Å². The lowest BCUT2D eigenvalue weighted by Gasteiger charge is -2.11. The van der Waals surface area contributed by atoms with E-state index in [1.54, 1.807) is 0 Å².